The lowest BCUT2D eigenvalue weighted by molar-refractivity contribution is 0.416. The highest BCUT2D eigenvalue weighted by Crippen LogP contribution is 2.36. The Morgan fingerprint density at radius 2 is 2.05 bits per heavy atom. The molecule has 6 heteroatoms. The van der Waals surface area contributed by atoms with Crippen LogP contribution in [-0.4, -0.2) is 16.5 Å². The van der Waals surface area contributed by atoms with E-state index in [0.717, 1.165) is 0 Å². The van der Waals surface area contributed by atoms with E-state index in [1.54, 1.807) is 35.9 Å². The molecule has 0 fully saturated rings. The number of aromatic nitrogens is 2. The van der Waals surface area contributed by atoms with Gasteiger partial charge in [0.1, 0.15) is 17.1 Å². The van der Waals surface area contributed by atoms with Crippen molar-refractivity contribution < 1.29 is 4.74 Å². The largest absolute Gasteiger partial charge is 0.496 e. The molecule has 0 spiro atoms. The standard InChI is InChI=1S/C14H10ClN3O2/c1-20-11-5-3-2-4-10(11)13-14(17-19)18-8-9(15)6-7-12(18)16-13/h2-8H,1H3. The van der Waals surface area contributed by atoms with Gasteiger partial charge in [-0.1, -0.05) is 23.7 Å². The number of benzene rings is 1. The summed E-state index contributed by atoms with van der Waals surface area (Å²) >= 11 is 5.94. The first-order chi connectivity index (χ1) is 9.74. The average Bonchev–Trinajstić information content (AvgIpc) is 2.84. The number of fused-ring (bicyclic) bond motifs is 1. The first-order valence-corrected chi connectivity index (χ1v) is 6.26. The van der Waals surface area contributed by atoms with Gasteiger partial charge in [-0.15, -0.1) is 4.91 Å². The minimum atomic E-state index is 0.201. The maximum atomic E-state index is 11.2. The first kappa shape index (κ1) is 12.6. The van der Waals surface area contributed by atoms with E-state index in [4.69, 9.17) is 16.3 Å². The molecule has 3 rings (SSSR count). The van der Waals surface area contributed by atoms with Crippen LogP contribution in [0.1, 0.15) is 0 Å². The van der Waals surface area contributed by atoms with Gasteiger partial charge in [0.2, 0.25) is 5.82 Å². The number of hydrogen-bond acceptors (Lipinski definition) is 4. The van der Waals surface area contributed by atoms with Crippen molar-refractivity contribution in [2.24, 2.45) is 5.18 Å². The van der Waals surface area contributed by atoms with Crippen LogP contribution in [-0.2, 0) is 0 Å². The van der Waals surface area contributed by atoms with Gasteiger partial charge in [-0.25, -0.2) is 4.98 Å². The lowest BCUT2D eigenvalue weighted by atomic mass is 10.1. The smallest absolute Gasteiger partial charge is 0.209 e. The molecular formula is C14H10ClN3O2. The average molecular weight is 288 g/mol. The van der Waals surface area contributed by atoms with Crippen LogP contribution in [0.3, 0.4) is 0 Å². The third kappa shape index (κ3) is 1.92. The number of nitroso groups, excluding NO2 is 1. The van der Waals surface area contributed by atoms with E-state index >= 15 is 0 Å². The Labute approximate surface area is 119 Å². The quantitative estimate of drug-likeness (QED) is 0.683. The molecule has 0 saturated heterocycles. The first-order valence-electron chi connectivity index (χ1n) is 5.89. The van der Waals surface area contributed by atoms with E-state index < -0.39 is 0 Å². The summed E-state index contributed by atoms with van der Waals surface area (Å²) in [5.74, 6) is 0.832. The minimum Gasteiger partial charge on any atom is -0.496 e. The number of pyridine rings is 1. The van der Waals surface area contributed by atoms with Crippen molar-refractivity contribution in [2.45, 2.75) is 0 Å². The lowest BCUT2D eigenvalue weighted by Crippen LogP contribution is -1.87. The molecule has 0 atom stereocenters. The highest BCUT2D eigenvalue weighted by molar-refractivity contribution is 6.30. The highest BCUT2D eigenvalue weighted by atomic mass is 35.5. The van der Waals surface area contributed by atoms with Crippen molar-refractivity contribution in [3.05, 3.63) is 52.5 Å². The molecule has 0 amide bonds. The second kappa shape index (κ2) is 4.94. The van der Waals surface area contributed by atoms with Gasteiger partial charge >= 0.3 is 0 Å². The molecule has 0 bridgehead atoms. The number of nitrogens with zero attached hydrogens (tertiary/aromatic N) is 3. The summed E-state index contributed by atoms with van der Waals surface area (Å²) < 4.78 is 6.87. The van der Waals surface area contributed by atoms with Crippen molar-refractivity contribution in [2.75, 3.05) is 7.11 Å². The van der Waals surface area contributed by atoms with E-state index in [0.29, 0.717) is 27.7 Å². The minimum absolute atomic E-state index is 0.201. The van der Waals surface area contributed by atoms with E-state index in [9.17, 15) is 4.91 Å². The molecule has 0 aliphatic rings. The zero-order valence-corrected chi connectivity index (χ0v) is 11.3. The Bertz CT molecular complexity index is 798. The molecule has 20 heavy (non-hydrogen) atoms. The number of imidazole rings is 1. The SMILES string of the molecule is COc1ccccc1-c1nc2ccc(Cl)cn2c1N=O. The number of halogens is 1. The van der Waals surface area contributed by atoms with Gasteiger partial charge in [0.05, 0.1) is 12.1 Å². The van der Waals surface area contributed by atoms with Crippen LogP contribution in [0, 0.1) is 4.91 Å². The van der Waals surface area contributed by atoms with Gasteiger partial charge in [-0.05, 0) is 29.4 Å². The van der Waals surface area contributed by atoms with Crippen LogP contribution in [0.4, 0.5) is 5.82 Å². The maximum absolute atomic E-state index is 11.2. The topological polar surface area (TPSA) is 56.0 Å². The molecule has 3 aromatic rings. The summed E-state index contributed by atoms with van der Waals surface area (Å²) in [5.41, 5.74) is 1.79. The molecule has 0 aliphatic carbocycles. The summed E-state index contributed by atoms with van der Waals surface area (Å²) in [5, 5.41) is 3.59. The van der Waals surface area contributed by atoms with Crippen molar-refractivity contribution in [1.29, 1.82) is 0 Å². The Hall–Kier alpha value is -2.40. The molecule has 0 unspecified atom stereocenters. The normalized spacial score (nSPS) is 10.7. The van der Waals surface area contributed by atoms with Crippen LogP contribution >= 0.6 is 11.6 Å². The molecule has 5 nitrogen and oxygen atoms in total. The van der Waals surface area contributed by atoms with Crippen LogP contribution < -0.4 is 4.74 Å². The van der Waals surface area contributed by atoms with Gasteiger partial charge < -0.3 is 4.74 Å². The Morgan fingerprint density at radius 3 is 2.80 bits per heavy atom. The fraction of sp³-hybridized carbons (Fsp3) is 0.0714. The molecule has 100 valence electrons. The third-order valence-electron chi connectivity index (χ3n) is 3.01. The van der Waals surface area contributed by atoms with Gasteiger partial charge in [-0.3, -0.25) is 4.40 Å². The molecule has 2 heterocycles. The third-order valence-corrected chi connectivity index (χ3v) is 3.23. The molecule has 0 aliphatic heterocycles. The molecule has 0 radical (unpaired) electrons. The summed E-state index contributed by atoms with van der Waals surface area (Å²) in [6.07, 6.45) is 1.61. The maximum Gasteiger partial charge on any atom is 0.209 e. The predicted octanol–water partition coefficient (Wildman–Crippen LogP) is 4.06. The zero-order chi connectivity index (χ0) is 14.1. The van der Waals surface area contributed by atoms with E-state index in [1.165, 1.54) is 0 Å². The second-order valence-corrected chi connectivity index (χ2v) is 4.59. The predicted molar refractivity (Wildman–Crippen MR) is 77.6 cm³/mol. The van der Waals surface area contributed by atoms with Gasteiger partial charge in [0, 0.05) is 11.8 Å². The number of rotatable bonds is 3. The monoisotopic (exact) mass is 287 g/mol. The van der Waals surface area contributed by atoms with E-state index in [2.05, 4.69) is 10.2 Å². The van der Waals surface area contributed by atoms with E-state index in [1.807, 2.05) is 18.2 Å². The summed E-state index contributed by atoms with van der Waals surface area (Å²) in [6.45, 7) is 0. The molecule has 1 aromatic carbocycles. The Kier molecular flexibility index (Phi) is 3.12. The van der Waals surface area contributed by atoms with Gasteiger partial charge in [0.25, 0.3) is 0 Å². The van der Waals surface area contributed by atoms with Crippen molar-refractivity contribution >= 4 is 23.1 Å². The van der Waals surface area contributed by atoms with E-state index in [-0.39, 0.29) is 5.82 Å². The number of methoxy groups -OCH3 is 1. The van der Waals surface area contributed by atoms with Crippen LogP contribution in [0.2, 0.25) is 5.02 Å². The van der Waals surface area contributed by atoms with Crippen molar-refractivity contribution in [1.82, 2.24) is 9.38 Å². The molecule has 2 aromatic heterocycles. The van der Waals surface area contributed by atoms with Crippen molar-refractivity contribution in [3.63, 3.8) is 0 Å². The van der Waals surface area contributed by atoms with Gasteiger partial charge in [-0.2, -0.15) is 0 Å². The van der Waals surface area contributed by atoms with Gasteiger partial charge in [0.15, 0.2) is 0 Å². The Balaban J connectivity index is 2.33. The molecule has 0 N–H and O–H groups in total. The highest BCUT2D eigenvalue weighted by Gasteiger charge is 2.17. The number of ether oxygens (including phenoxy) is 1. The number of para-hydroxylation sites is 1. The molecule has 0 saturated carbocycles. The summed E-state index contributed by atoms with van der Waals surface area (Å²) in [7, 11) is 1.57. The lowest BCUT2D eigenvalue weighted by Gasteiger charge is -2.05. The number of hydrogen-bond donors (Lipinski definition) is 0. The fourth-order valence-electron chi connectivity index (χ4n) is 2.11. The second-order valence-electron chi connectivity index (χ2n) is 4.15. The molecular weight excluding hydrogens is 278 g/mol. The summed E-state index contributed by atoms with van der Waals surface area (Å²) in [6, 6.07) is 10.8. The Morgan fingerprint density at radius 1 is 1.25 bits per heavy atom. The summed E-state index contributed by atoms with van der Waals surface area (Å²) in [4.78, 5) is 15.6. The van der Waals surface area contributed by atoms with Crippen LogP contribution in [0.25, 0.3) is 16.9 Å². The van der Waals surface area contributed by atoms with Crippen LogP contribution in [0.5, 0.6) is 5.75 Å². The fourth-order valence-corrected chi connectivity index (χ4v) is 2.28. The zero-order valence-electron chi connectivity index (χ0n) is 10.6. The van der Waals surface area contributed by atoms with Crippen LogP contribution in [0.15, 0.2) is 47.8 Å². The van der Waals surface area contributed by atoms with Crippen molar-refractivity contribution in [3.8, 4) is 17.0 Å².